The fourth-order valence-corrected chi connectivity index (χ4v) is 2.04. The Bertz CT molecular complexity index is 776. The van der Waals surface area contributed by atoms with Crippen molar-refractivity contribution in [2.45, 2.75) is 13.1 Å². The lowest BCUT2D eigenvalue weighted by atomic mass is 10.1. The minimum Gasteiger partial charge on any atom is -0.462 e. The van der Waals surface area contributed by atoms with Crippen LogP contribution in [0.2, 0.25) is 0 Å². The molecular weight excluding hydrogens is 339 g/mol. The number of anilines is 1. The number of halogens is 3. The van der Waals surface area contributed by atoms with Gasteiger partial charge in [-0.1, -0.05) is 0 Å². The summed E-state index contributed by atoms with van der Waals surface area (Å²) < 4.78 is 42.5. The highest BCUT2D eigenvalue weighted by Gasteiger charge is 2.32. The van der Waals surface area contributed by atoms with Crippen LogP contribution in [0.4, 0.5) is 18.9 Å². The first-order valence-electron chi connectivity index (χ1n) is 7.18. The van der Waals surface area contributed by atoms with Crippen molar-refractivity contribution in [3.05, 3.63) is 53.6 Å². The molecule has 0 saturated carbocycles. The Morgan fingerprint density at radius 3 is 2.48 bits per heavy atom. The average Bonchev–Trinajstić information content (AvgIpc) is 2.60. The third kappa shape index (κ3) is 4.11. The summed E-state index contributed by atoms with van der Waals surface area (Å²) in [7, 11) is 1.39. The number of nitrogens with zero attached hydrogens (tertiary/aromatic N) is 3. The molecule has 2 aromatic heterocycles. The SMILES string of the molecule is CCOC(=O)c1cnccc1N(C)C(=O)c1ccc(C(F)(F)F)nc1. The molecule has 0 aliphatic rings. The van der Waals surface area contributed by atoms with Gasteiger partial charge in [0.2, 0.25) is 0 Å². The van der Waals surface area contributed by atoms with E-state index >= 15 is 0 Å². The molecular formula is C16H14F3N3O3. The second kappa shape index (κ2) is 7.29. The molecule has 0 aliphatic heterocycles. The molecule has 0 unspecified atom stereocenters. The number of ether oxygens (including phenoxy) is 1. The number of amides is 1. The van der Waals surface area contributed by atoms with E-state index in [1.165, 1.54) is 25.5 Å². The van der Waals surface area contributed by atoms with E-state index in [4.69, 9.17) is 4.74 Å². The van der Waals surface area contributed by atoms with Crippen molar-refractivity contribution >= 4 is 17.6 Å². The van der Waals surface area contributed by atoms with Crippen molar-refractivity contribution in [1.82, 2.24) is 9.97 Å². The van der Waals surface area contributed by atoms with Crippen molar-refractivity contribution in [3.8, 4) is 0 Å². The molecule has 0 bridgehead atoms. The van der Waals surface area contributed by atoms with E-state index in [1.54, 1.807) is 6.92 Å². The number of hydrogen-bond donors (Lipinski definition) is 0. The van der Waals surface area contributed by atoms with Crippen molar-refractivity contribution in [3.63, 3.8) is 0 Å². The van der Waals surface area contributed by atoms with Crippen LogP contribution in [0.15, 0.2) is 36.8 Å². The minimum atomic E-state index is -4.59. The lowest BCUT2D eigenvalue weighted by molar-refractivity contribution is -0.141. The maximum Gasteiger partial charge on any atom is 0.433 e. The van der Waals surface area contributed by atoms with Crippen LogP contribution in [0.3, 0.4) is 0 Å². The first-order chi connectivity index (χ1) is 11.8. The molecule has 0 aromatic carbocycles. The zero-order valence-corrected chi connectivity index (χ0v) is 13.4. The third-order valence-corrected chi connectivity index (χ3v) is 3.26. The largest absolute Gasteiger partial charge is 0.462 e. The third-order valence-electron chi connectivity index (χ3n) is 3.26. The second-order valence-corrected chi connectivity index (χ2v) is 4.91. The zero-order chi connectivity index (χ0) is 18.6. The molecule has 0 saturated heterocycles. The summed E-state index contributed by atoms with van der Waals surface area (Å²) in [4.78, 5) is 32.6. The van der Waals surface area contributed by atoms with E-state index in [0.717, 1.165) is 23.2 Å². The first-order valence-corrected chi connectivity index (χ1v) is 7.18. The number of aromatic nitrogens is 2. The molecule has 9 heteroatoms. The molecule has 0 fully saturated rings. The van der Waals surface area contributed by atoms with Crippen LogP contribution in [0.25, 0.3) is 0 Å². The normalized spacial score (nSPS) is 11.1. The Morgan fingerprint density at radius 1 is 1.20 bits per heavy atom. The predicted molar refractivity (Wildman–Crippen MR) is 82.2 cm³/mol. The summed E-state index contributed by atoms with van der Waals surface area (Å²) in [6.45, 7) is 1.78. The molecule has 2 heterocycles. The van der Waals surface area contributed by atoms with Gasteiger partial charge in [0.05, 0.1) is 17.9 Å². The lowest BCUT2D eigenvalue weighted by Crippen LogP contribution is -2.28. The first kappa shape index (κ1) is 18.4. The van der Waals surface area contributed by atoms with E-state index in [9.17, 15) is 22.8 Å². The van der Waals surface area contributed by atoms with E-state index in [-0.39, 0.29) is 23.4 Å². The minimum absolute atomic E-state index is 0.0536. The Hall–Kier alpha value is -2.97. The number of alkyl halides is 3. The van der Waals surface area contributed by atoms with Gasteiger partial charge in [-0.25, -0.2) is 4.79 Å². The van der Waals surface area contributed by atoms with Crippen molar-refractivity contribution < 1.29 is 27.5 Å². The van der Waals surface area contributed by atoms with Crippen LogP contribution in [0.5, 0.6) is 0 Å². The zero-order valence-electron chi connectivity index (χ0n) is 13.4. The number of carbonyl (C=O) groups is 2. The van der Waals surface area contributed by atoms with Gasteiger partial charge in [0.1, 0.15) is 11.3 Å². The monoisotopic (exact) mass is 353 g/mol. The highest BCUT2D eigenvalue weighted by Crippen LogP contribution is 2.27. The molecule has 0 radical (unpaired) electrons. The smallest absolute Gasteiger partial charge is 0.433 e. The maximum atomic E-state index is 12.5. The fourth-order valence-electron chi connectivity index (χ4n) is 2.04. The van der Waals surface area contributed by atoms with Gasteiger partial charge in [-0.2, -0.15) is 13.2 Å². The molecule has 1 amide bonds. The Morgan fingerprint density at radius 2 is 1.92 bits per heavy atom. The number of esters is 1. The second-order valence-electron chi connectivity index (χ2n) is 4.91. The molecule has 2 aromatic rings. The Labute approximate surface area is 141 Å². The summed E-state index contributed by atoms with van der Waals surface area (Å²) in [5, 5.41) is 0. The Balaban J connectivity index is 2.30. The summed E-state index contributed by atoms with van der Waals surface area (Å²) in [5.41, 5.74) is -0.858. The predicted octanol–water partition coefficient (Wildman–Crippen LogP) is 2.95. The van der Waals surface area contributed by atoms with Gasteiger partial charge in [-0.05, 0) is 25.1 Å². The number of pyridine rings is 2. The van der Waals surface area contributed by atoms with E-state index in [2.05, 4.69) is 9.97 Å². The van der Waals surface area contributed by atoms with Gasteiger partial charge < -0.3 is 9.64 Å². The highest BCUT2D eigenvalue weighted by molar-refractivity contribution is 6.09. The van der Waals surface area contributed by atoms with Crippen LogP contribution in [0.1, 0.15) is 33.3 Å². The number of hydrogen-bond acceptors (Lipinski definition) is 5. The highest BCUT2D eigenvalue weighted by atomic mass is 19.4. The van der Waals surface area contributed by atoms with Crippen LogP contribution in [0, 0.1) is 0 Å². The van der Waals surface area contributed by atoms with Crippen molar-refractivity contribution in [1.29, 1.82) is 0 Å². The van der Waals surface area contributed by atoms with Crippen LogP contribution >= 0.6 is 0 Å². The standard InChI is InChI=1S/C16H14F3N3O3/c1-3-25-15(24)11-9-20-7-6-12(11)22(2)14(23)10-4-5-13(21-8-10)16(17,18)19/h4-9H,3H2,1-2H3. The van der Waals surface area contributed by atoms with Crippen LogP contribution < -0.4 is 4.90 Å². The molecule has 0 atom stereocenters. The maximum absolute atomic E-state index is 12.5. The topological polar surface area (TPSA) is 72.4 Å². The van der Waals surface area contributed by atoms with Gasteiger partial charge in [0.25, 0.3) is 5.91 Å². The van der Waals surface area contributed by atoms with Crippen LogP contribution in [-0.2, 0) is 10.9 Å². The summed E-state index contributed by atoms with van der Waals surface area (Å²) in [6, 6.07) is 3.18. The van der Waals surface area contributed by atoms with Crippen molar-refractivity contribution in [2.24, 2.45) is 0 Å². The summed E-state index contributed by atoms with van der Waals surface area (Å²) in [6.07, 6.45) is -1.11. The van der Waals surface area contributed by atoms with Crippen molar-refractivity contribution in [2.75, 3.05) is 18.6 Å². The molecule has 0 spiro atoms. The quantitative estimate of drug-likeness (QED) is 0.790. The van der Waals surface area contributed by atoms with Gasteiger partial charge in [-0.15, -0.1) is 0 Å². The fraction of sp³-hybridized carbons (Fsp3) is 0.250. The molecule has 0 aliphatic carbocycles. The molecule has 2 rings (SSSR count). The van der Waals surface area contributed by atoms with Gasteiger partial charge in [-0.3, -0.25) is 14.8 Å². The lowest BCUT2D eigenvalue weighted by Gasteiger charge is -2.19. The van der Waals surface area contributed by atoms with Gasteiger partial charge in [0, 0.05) is 25.6 Å². The van der Waals surface area contributed by atoms with Gasteiger partial charge >= 0.3 is 12.1 Å². The summed E-state index contributed by atoms with van der Waals surface area (Å²) >= 11 is 0. The van der Waals surface area contributed by atoms with E-state index < -0.39 is 23.7 Å². The summed E-state index contributed by atoms with van der Waals surface area (Å²) in [5.74, 6) is -1.28. The van der Waals surface area contributed by atoms with Gasteiger partial charge in [0.15, 0.2) is 0 Å². The molecule has 25 heavy (non-hydrogen) atoms. The number of rotatable bonds is 4. The van der Waals surface area contributed by atoms with E-state index in [0.29, 0.717) is 0 Å². The number of carbonyl (C=O) groups excluding carboxylic acids is 2. The van der Waals surface area contributed by atoms with E-state index in [1.807, 2.05) is 0 Å². The molecule has 132 valence electrons. The average molecular weight is 353 g/mol. The van der Waals surface area contributed by atoms with Crippen LogP contribution in [-0.4, -0.2) is 35.5 Å². The molecule has 6 nitrogen and oxygen atoms in total. The Kier molecular flexibility index (Phi) is 5.35. The molecule has 0 N–H and O–H groups in total.